The fourth-order valence-corrected chi connectivity index (χ4v) is 2.56. The summed E-state index contributed by atoms with van der Waals surface area (Å²) in [5, 5.41) is 0. The van der Waals surface area contributed by atoms with Crippen LogP contribution in [0.15, 0.2) is 30.3 Å². The lowest BCUT2D eigenvalue weighted by Gasteiger charge is -2.37. The smallest absolute Gasteiger partial charge is 0.184 e. The molecule has 1 aromatic rings. The van der Waals surface area contributed by atoms with Gasteiger partial charge in [0.15, 0.2) is 6.29 Å². The van der Waals surface area contributed by atoms with E-state index >= 15 is 0 Å². The van der Waals surface area contributed by atoms with Gasteiger partial charge in [-0.3, -0.25) is 0 Å². The fourth-order valence-electron chi connectivity index (χ4n) is 2.56. The lowest BCUT2D eigenvalue weighted by Crippen LogP contribution is -2.49. The number of epoxide rings is 1. The van der Waals surface area contributed by atoms with Crippen LogP contribution in [-0.4, -0.2) is 37.6 Å². The molecule has 0 bridgehead atoms. The second-order valence-electron chi connectivity index (χ2n) is 4.69. The molecule has 4 heteroatoms. The van der Waals surface area contributed by atoms with Crippen molar-refractivity contribution in [1.82, 2.24) is 0 Å². The van der Waals surface area contributed by atoms with Crippen molar-refractivity contribution in [2.24, 2.45) is 0 Å². The summed E-state index contributed by atoms with van der Waals surface area (Å²) in [7, 11) is 0. The monoisotopic (exact) mass is 234 g/mol. The van der Waals surface area contributed by atoms with Gasteiger partial charge < -0.3 is 18.9 Å². The van der Waals surface area contributed by atoms with Crippen molar-refractivity contribution < 1.29 is 18.9 Å². The van der Waals surface area contributed by atoms with E-state index in [9.17, 15) is 0 Å². The van der Waals surface area contributed by atoms with E-state index in [-0.39, 0.29) is 30.7 Å². The minimum absolute atomic E-state index is 0.0210. The van der Waals surface area contributed by atoms with Crippen LogP contribution in [0.2, 0.25) is 0 Å². The van der Waals surface area contributed by atoms with E-state index < -0.39 is 0 Å². The van der Waals surface area contributed by atoms with Crippen LogP contribution in [0.4, 0.5) is 0 Å². The summed E-state index contributed by atoms with van der Waals surface area (Å²) in [4.78, 5) is 0. The summed E-state index contributed by atoms with van der Waals surface area (Å²) in [6.07, 6.45) is 0.213. The highest BCUT2D eigenvalue weighted by Crippen LogP contribution is 2.40. The Morgan fingerprint density at radius 3 is 2.47 bits per heavy atom. The normalized spacial score (nSPS) is 43.6. The third-order valence-electron chi connectivity index (χ3n) is 3.55. The first-order valence-electron chi connectivity index (χ1n) is 6.01. The van der Waals surface area contributed by atoms with Crippen LogP contribution in [-0.2, 0) is 18.9 Å². The number of rotatable bonds is 1. The maximum atomic E-state index is 5.96. The van der Waals surface area contributed by atoms with Crippen molar-refractivity contribution in [3.63, 3.8) is 0 Å². The van der Waals surface area contributed by atoms with Gasteiger partial charge in [-0.05, 0) is 0 Å². The summed E-state index contributed by atoms with van der Waals surface area (Å²) in [6.45, 7) is 1.26. The van der Waals surface area contributed by atoms with Crippen molar-refractivity contribution in [1.29, 1.82) is 0 Å². The summed E-state index contributed by atoms with van der Waals surface area (Å²) in [5.74, 6) is 0. The molecule has 0 spiro atoms. The Balaban J connectivity index is 1.53. The summed E-state index contributed by atoms with van der Waals surface area (Å²) in [6, 6.07) is 9.99. The minimum atomic E-state index is -0.288. The first kappa shape index (κ1) is 10.0. The van der Waals surface area contributed by atoms with Gasteiger partial charge in [-0.1, -0.05) is 30.3 Å². The molecule has 3 heterocycles. The molecule has 0 aliphatic carbocycles. The van der Waals surface area contributed by atoms with Crippen LogP contribution < -0.4 is 0 Å². The van der Waals surface area contributed by atoms with Gasteiger partial charge in [0.05, 0.1) is 13.2 Å². The molecule has 1 aromatic carbocycles. The zero-order chi connectivity index (χ0) is 11.2. The lowest BCUT2D eigenvalue weighted by atomic mass is 10.0. The highest BCUT2D eigenvalue weighted by atomic mass is 16.7. The molecule has 4 rings (SSSR count). The number of hydrogen-bond acceptors (Lipinski definition) is 4. The SMILES string of the molecule is c1ccc([C@@H]2OC[C@@H]3OC[C@@H]4O[C@@H]4[C@@H]3O2)cc1. The Labute approximate surface area is 99.4 Å². The molecule has 17 heavy (non-hydrogen) atoms. The third kappa shape index (κ3) is 1.68. The van der Waals surface area contributed by atoms with E-state index in [1.54, 1.807) is 0 Å². The Kier molecular flexibility index (Phi) is 2.23. The van der Waals surface area contributed by atoms with Gasteiger partial charge in [-0.2, -0.15) is 0 Å². The Bertz CT molecular complexity index is 407. The standard InChI is InChI=1S/C13H14O4/c1-2-4-8(5-3-1)13-15-6-9-11(17-13)12-10(16-12)7-14-9/h1-5,9-13H,6-7H2/t9-,10-,11+,12-,13+/m0/s1. The summed E-state index contributed by atoms with van der Waals surface area (Å²) < 4.78 is 22.8. The Hall–Kier alpha value is -0.940. The Morgan fingerprint density at radius 1 is 0.824 bits per heavy atom. The molecule has 5 atom stereocenters. The summed E-state index contributed by atoms with van der Waals surface area (Å²) in [5.41, 5.74) is 1.05. The summed E-state index contributed by atoms with van der Waals surface area (Å²) >= 11 is 0. The van der Waals surface area contributed by atoms with Gasteiger partial charge in [-0.25, -0.2) is 0 Å². The van der Waals surface area contributed by atoms with Crippen molar-refractivity contribution in [2.45, 2.75) is 30.7 Å². The first-order chi connectivity index (χ1) is 8.42. The average molecular weight is 234 g/mol. The van der Waals surface area contributed by atoms with Gasteiger partial charge in [-0.15, -0.1) is 0 Å². The fraction of sp³-hybridized carbons (Fsp3) is 0.538. The van der Waals surface area contributed by atoms with E-state index in [0.717, 1.165) is 5.56 Å². The largest absolute Gasteiger partial charge is 0.370 e. The van der Waals surface area contributed by atoms with Gasteiger partial charge in [0.2, 0.25) is 0 Å². The molecule has 3 aliphatic heterocycles. The quantitative estimate of drug-likeness (QED) is 0.686. The molecular formula is C13H14O4. The molecule has 0 aromatic heterocycles. The molecule has 4 nitrogen and oxygen atoms in total. The van der Waals surface area contributed by atoms with Crippen molar-refractivity contribution in [3.8, 4) is 0 Å². The van der Waals surface area contributed by atoms with E-state index in [2.05, 4.69) is 0 Å². The minimum Gasteiger partial charge on any atom is -0.370 e. The second kappa shape index (κ2) is 3.78. The van der Waals surface area contributed by atoms with Crippen LogP contribution in [0.25, 0.3) is 0 Å². The van der Waals surface area contributed by atoms with E-state index in [1.165, 1.54) is 0 Å². The zero-order valence-corrected chi connectivity index (χ0v) is 9.32. The Morgan fingerprint density at radius 2 is 1.59 bits per heavy atom. The van der Waals surface area contributed by atoms with E-state index in [1.807, 2.05) is 30.3 Å². The molecule has 3 saturated heterocycles. The number of ether oxygens (including phenoxy) is 4. The van der Waals surface area contributed by atoms with Gasteiger partial charge >= 0.3 is 0 Å². The highest BCUT2D eigenvalue weighted by Gasteiger charge is 2.55. The first-order valence-corrected chi connectivity index (χ1v) is 6.01. The molecule has 0 amide bonds. The molecule has 0 radical (unpaired) electrons. The van der Waals surface area contributed by atoms with Crippen LogP contribution in [0.3, 0.4) is 0 Å². The number of fused-ring (bicyclic) bond motifs is 3. The van der Waals surface area contributed by atoms with Crippen LogP contribution in [0.5, 0.6) is 0 Å². The predicted octanol–water partition coefficient (Wildman–Crippen LogP) is 1.27. The maximum Gasteiger partial charge on any atom is 0.184 e. The van der Waals surface area contributed by atoms with Gasteiger partial charge in [0.1, 0.15) is 24.4 Å². The van der Waals surface area contributed by atoms with Gasteiger partial charge in [0.25, 0.3) is 0 Å². The zero-order valence-electron chi connectivity index (χ0n) is 9.32. The molecule has 0 N–H and O–H groups in total. The highest BCUT2D eigenvalue weighted by molar-refractivity contribution is 5.17. The molecule has 0 saturated carbocycles. The molecule has 90 valence electrons. The van der Waals surface area contributed by atoms with Crippen LogP contribution >= 0.6 is 0 Å². The molecule has 0 unspecified atom stereocenters. The third-order valence-corrected chi connectivity index (χ3v) is 3.55. The molecule has 3 aliphatic rings. The van der Waals surface area contributed by atoms with E-state index in [0.29, 0.717) is 13.2 Å². The number of benzene rings is 1. The number of hydrogen-bond donors (Lipinski definition) is 0. The van der Waals surface area contributed by atoms with Crippen molar-refractivity contribution in [3.05, 3.63) is 35.9 Å². The topological polar surface area (TPSA) is 40.2 Å². The maximum absolute atomic E-state index is 5.96. The van der Waals surface area contributed by atoms with E-state index in [4.69, 9.17) is 18.9 Å². The molecular weight excluding hydrogens is 220 g/mol. The lowest BCUT2D eigenvalue weighted by molar-refractivity contribution is -0.273. The van der Waals surface area contributed by atoms with Gasteiger partial charge in [0, 0.05) is 5.56 Å². The van der Waals surface area contributed by atoms with Crippen molar-refractivity contribution >= 4 is 0 Å². The molecule has 3 fully saturated rings. The van der Waals surface area contributed by atoms with Crippen LogP contribution in [0.1, 0.15) is 11.9 Å². The second-order valence-corrected chi connectivity index (χ2v) is 4.69. The average Bonchev–Trinajstić information content (AvgIpc) is 3.19. The predicted molar refractivity (Wildman–Crippen MR) is 58.4 cm³/mol. The van der Waals surface area contributed by atoms with Crippen LogP contribution in [0, 0.1) is 0 Å². The van der Waals surface area contributed by atoms with Crippen molar-refractivity contribution in [2.75, 3.05) is 13.2 Å².